The topological polar surface area (TPSA) is 12.0 Å². The Morgan fingerprint density at radius 1 is 1.35 bits per heavy atom. The van der Waals surface area contributed by atoms with Gasteiger partial charge in [-0.15, -0.1) is 0 Å². The van der Waals surface area contributed by atoms with E-state index in [1.807, 2.05) is 12.1 Å². The van der Waals surface area contributed by atoms with Crippen LogP contribution in [0.1, 0.15) is 39.2 Å². The van der Waals surface area contributed by atoms with Crippen LogP contribution in [0, 0.1) is 5.41 Å². The molecule has 17 heavy (non-hydrogen) atoms. The number of hydrogen-bond acceptors (Lipinski definition) is 1. The summed E-state index contributed by atoms with van der Waals surface area (Å²) in [5.41, 5.74) is 2.00. The van der Waals surface area contributed by atoms with Crippen molar-refractivity contribution >= 4 is 11.6 Å². The molecule has 1 aromatic carbocycles. The van der Waals surface area contributed by atoms with Crippen LogP contribution in [0.5, 0.6) is 0 Å². The maximum absolute atomic E-state index is 6.05. The fourth-order valence-electron chi connectivity index (χ4n) is 2.90. The SMILES string of the molecule is CC(C)(C)CC1(Cc2cccc(Cl)c2)CCN1. The normalized spacial score (nSPS) is 24.5. The van der Waals surface area contributed by atoms with Gasteiger partial charge >= 0.3 is 0 Å². The van der Waals surface area contributed by atoms with Gasteiger partial charge in [-0.25, -0.2) is 0 Å². The minimum absolute atomic E-state index is 0.295. The highest BCUT2D eigenvalue weighted by Gasteiger charge is 2.39. The summed E-state index contributed by atoms with van der Waals surface area (Å²) in [5, 5.41) is 4.48. The van der Waals surface area contributed by atoms with Crippen LogP contribution >= 0.6 is 11.6 Å². The van der Waals surface area contributed by atoms with Gasteiger partial charge in [-0.1, -0.05) is 44.5 Å². The molecule has 0 amide bonds. The summed E-state index contributed by atoms with van der Waals surface area (Å²) in [6.45, 7) is 8.09. The van der Waals surface area contributed by atoms with Crippen LogP contribution in [0.3, 0.4) is 0 Å². The van der Waals surface area contributed by atoms with E-state index in [4.69, 9.17) is 11.6 Å². The number of nitrogens with one attached hydrogen (secondary N) is 1. The van der Waals surface area contributed by atoms with Crippen molar-refractivity contribution in [3.63, 3.8) is 0 Å². The number of hydrogen-bond donors (Lipinski definition) is 1. The number of halogens is 1. The average Bonchev–Trinajstić information content (AvgIpc) is 2.12. The van der Waals surface area contributed by atoms with Crippen LogP contribution in [-0.4, -0.2) is 12.1 Å². The Kier molecular flexibility index (Phi) is 3.51. The van der Waals surface area contributed by atoms with E-state index in [1.54, 1.807) is 0 Å². The maximum atomic E-state index is 6.05. The van der Waals surface area contributed by atoms with Crippen molar-refractivity contribution in [2.24, 2.45) is 5.41 Å². The standard InChI is InChI=1S/C15H22ClN/c1-14(2,3)11-15(7-8-17-15)10-12-5-4-6-13(16)9-12/h4-6,9,17H,7-8,10-11H2,1-3H3. The molecule has 1 atom stereocenters. The molecule has 2 rings (SSSR count). The Hall–Kier alpha value is -0.530. The van der Waals surface area contributed by atoms with Gasteiger partial charge in [0.15, 0.2) is 0 Å². The first-order chi connectivity index (χ1) is 7.89. The van der Waals surface area contributed by atoms with Crippen molar-refractivity contribution in [2.45, 2.75) is 45.6 Å². The third-order valence-electron chi connectivity index (χ3n) is 3.40. The molecule has 1 N–H and O–H groups in total. The molecule has 0 spiro atoms. The van der Waals surface area contributed by atoms with Crippen LogP contribution in [-0.2, 0) is 6.42 Å². The quantitative estimate of drug-likeness (QED) is 0.855. The van der Waals surface area contributed by atoms with E-state index in [0.717, 1.165) is 18.0 Å². The highest BCUT2D eigenvalue weighted by molar-refractivity contribution is 6.30. The Morgan fingerprint density at radius 3 is 2.53 bits per heavy atom. The van der Waals surface area contributed by atoms with Gasteiger partial charge in [0.2, 0.25) is 0 Å². The zero-order chi connectivity index (χ0) is 12.5. The molecule has 1 aliphatic heterocycles. The van der Waals surface area contributed by atoms with Gasteiger partial charge in [0, 0.05) is 10.6 Å². The van der Waals surface area contributed by atoms with Crippen molar-refractivity contribution < 1.29 is 0 Å². The molecule has 0 saturated carbocycles. The zero-order valence-electron chi connectivity index (χ0n) is 11.0. The monoisotopic (exact) mass is 251 g/mol. The smallest absolute Gasteiger partial charge is 0.0408 e. The van der Waals surface area contributed by atoms with E-state index in [0.29, 0.717) is 11.0 Å². The molecular formula is C15H22ClN. The molecule has 0 bridgehead atoms. The highest BCUT2D eigenvalue weighted by Crippen LogP contribution is 2.36. The van der Waals surface area contributed by atoms with Crippen molar-refractivity contribution in [3.05, 3.63) is 34.9 Å². The molecule has 94 valence electrons. The lowest BCUT2D eigenvalue weighted by Crippen LogP contribution is -2.59. The van der Waals surface area contributed by atoms with E-state index in [9.17, 15) is 0 Å². The molecule has 1 saturated heterocycles. The predicted octanol–water partition coefficient (Wildman–Crippen LogP) is 4.05. The number of rotatable bonds is 3. The molecule has 2 heteroatoms. The fourth-order valence-corrected chi connectivity index (χ4v) is 3.11. The van der Waals surface area contributed by atoms with Crippen LogP contribution in [0.15, 0.2) is 24.3 Å². The van der Waals surface area contributed by atoms with E-state index < -0.39 is 0 Å². The van der Waals surface area contributed by atoms with Crippen LogP contribution in [0.2, 0.25) is 5.02 Å². The van der Waals surface area contributed by atoms with Gasteiger partial charge in [0.25, 0.3) is 0 Å². The highest BCUT2D eigenvalue weighted by atomic mass is 35.5. The average molecular weight is 252 g/mol. The summed E-state index contributed by atoms with van der Waals surface area (Å²) < 4.78 is 0. The first-order valence-corrected chi connectivity index (χ1v) is 6.76. The Bertz CT molecular complexity index is 388. The first kappa shape index (κ1) is 12.9. The van der Waals surface area contributed by atoms with Gasteiger partial charge in [0.05, 0.1) is 0 Å². The van der Waals surface area contributed by atoms with Gasteiger partial charge < -0.3 is 5.32 Å². The van der Waals surface area contributed by atoms with Crippen LogP contribution < -0.4 is 5.32 Å². The molecule has 1 aliphatic rings. The third-order valence-corrected chi connectivity index (χ3v) is 3.64. The fraction of sp³-hybridized carbons (Fsp3) is 0.600. The molecule has 1 aromatic rings. The van der Waals surface area contributed by atoms with Crippen molar-refractivity contribution in [1.29, 1.82) is 0 Å². The van der Waals surface area contributed by atoms with E-state index in [1.165, 1.54) is 18.4 Å². The van der Waals surface area contributed by atoms with Crippen LogP contribution in [0.25, 0.3) is 0 Å². The lowest BCUT2D eigenvalue weighted by Gasteiger charge is -2.47. The second-order valence-electron chi connectivity index (χ2n) is 6.50. The van der Waals surface area contributed by atoms with E-state index in [2.05, 4.69) is 38.2 Å². The summed E-state index contributed by atoms with van der Waals surface area (Å²) >= 11 is 6.05. The second kappa shape index (κ2) is 4.62. The predicted molar refractivity (Wildman–Crippen MR) is 74.6 cm³/mol. The third kappa shape index (κ3) is 3.46. The summed E-state index contributed by atoms with van der Waals surface area (Å²) in [7, 11) is 0. The van der Waals surface area contributed by atoms with Gasteiger partial charge in [0.1, 0.15) is 0 Å². The molecule has 0 aromatic heterocycles. The molecular weight excluding hydrogens is 230 g/mol. The Morgan fingerprint density at radius 2 is 2.06 bits per heavy atom. The van der Waals surface area contributed by atoms with Gasteiger partial charge in [-0.2, -0.15) is 0 Å². The number of benzene rings is 1. The molecule has 0 aliphatic carbocycles. The molecule has 1 nitrogen and oxygen atoms in total. The lowest BCUT2D eigenvalue weighted by molar-refractivity contribution is 0.132. The van der Waals surface area contributed by atoms with Gasteiger partial charge in [-0.05, 0) is 48.9 Å². The summed E-state index contributed by atoms with van der Waals surface area (Å²) in [6.07, 6.45) is 3.58. The van der Waals surface area contributed by atoms with E-state index >= 15 is 0 Å². The zero-order valence-corrected chi connectivity index (χ0v) is 11.8. The Balaban J connectivity index is 2.09. The first-order valence-electron chi connectivity index (χ1n) is 6.38. The lowest BCUT2D eigenvalue weighted by atomic mass is 9.71. The molecule has 1 fully saturated rings. The second-order valence-corrected chi connectivity index (χ2v) is 6.94. The minimum Gasteiger partial charge on any atom is -0.311 e. The van der Waals surface area contributed by atoms with Gasteiger partial charge in [-0.3, -0.25) is 0 Å². The largest absolute Gasteiger partial charge is 0.311 e. The van der Waals surface area contributed by atoms with Crippen molar-refractivity contribution in [1.82, 2.24) is 5.32 Å². The van der Waals surface area contributed by atoms with Crippen molar-refractivity contribution in [2.75, 3.05) is 6.54 Å². The summed E-state index contributed by atoms with van der Waals surface area (Å²) in [5.74, 6) is 0. The molecule has 1 heterocycles. The molecule has 1 unspecified atom stereocenters. The maximum Gasteiger partial charge on any atom is 0.0408 e. The van der Waals surface area contributed by atoms with Crippen molar-refractivity contribution in [3.8, 4) is 0 Å². The summed E-state index contributed by atoms with van der Waals surface area (Å²) in [4.78, 5) is 0. The molecule has 0 radical (unpaired) electrons. The summed E-state index contributed by atoms with van der Waals surface area (Å²) in [6, 6.07) is 8.25. The minimum atomic E-state index is 0.295. The van der Waals surface area contributed by atoms with Crippen LogP contribution in [0.4, 0.5) is 0 Å². The Labute approximate surface area is 110 Å². The van der Waals surface area contributed by atoms with E-state index in [-0.39, 0.29) is 0 Å².